The van der Waals surface area contributed by atoms with Gasteiger partial charge in [-0.2, -0.15) is 0 Å². The topological polar surface area (TPSA) is 88.3 Å². The Morgan fingerprint density at radius 3 is 2.71 bits per heavy atom. The number of rotatable bonds is 1. The Labute approximate surface area is 78.5 Å². The van der Waals surface area contributed by atoms with Crippen LogP contribution in [0.1, 0.15) is 0 Å². The fourth-order valence-electron chi connectivity index (χ4n) is 1.33. The molecule has 0 saturated heterocycles. The van der Waals surface area contributed by atoms with Crippen LogP contribution < -0.4 is 11.2 Å². The number of pyridine rings is 1. The number of nitrogens with zero attached hydrogens (tertiary/aromatic N) is 1. The number of nitroso groups, excluding NO2 is 1. The maximum absolute atomic E-state index is 11.6. The summed E-state index contributed by atoms with van der Waals surface area (Å²) in [7, 11) is 0. The van der Waals surface area contributed by atoms with E-state index < -0.39 is 5.43 Å². The molecular weight excluding hydrogens is 182 g/mol. The van der Waals surface area contributed by atoms with Gasteiger partial charge in [0.15, 0.2) is 5.69 Å². The Morgan fingerprint density at radius 1 is 1.29 bits per heavy atom. The van der Waals surface area contributed by atoms with Gasteiger partial charge >= 0.3 is 0 Å². The van der Waals surface area contributed by atoms with E-state index in [2.05, 4.69) is 10.2 Å². The lowest BCUT2D eigenvalue weighted by Gasteiger charge is -2.00. The number of para-hydroxylation sites is 1. The number of nitrogens with one attached hydrogen (secondary N) is 1. The molecule has 0 radical (unpaired) electrons. The third kappa shape index (κ3) is 1.06. The first-order valence-electron chi connectivity index (χ1n) is 3.98. The van der Waals surface area contributed by atoms with Crippen LogP contribution in [0.3, 0.4) is 0 Å². The van der Waals surface area contributed by atoms with Gasteiger partial charge in [-0.25, -0.2) is 0 Å². The molecule has 3 N–H and O–H groups in total. The van der Waals surface area contributed by atoms with E-state index in [1.807, 2.05) is 0 Å². The maximum atomic E-state index is 11.6. The van der Waals surface area contributed by atoms with Crippen LogP contribution in [0.2, 0.25) is 0 Å². The molecule has 2 rings (SSSR count). The molecule has 1 aromatic heterocycles. The van der Waals surface area contributed by atoms with Gasteiger partial charge in [0.1, 0.15) is 5.82 Å². The summed E-state index contributed by atoms with van der Waals surface area (Å²) in [6, 6.07) is 6.80. The van der Waals surface area contributed by atoms with Gasteiger partial charge in [-0.1, -0.05) is 12.1 Å². The summed E-state index contributed by atoms with van der Waals surface area (Å²) in [6.07, 6.45) is 0. The molecule has 5 heteroatoms. The molecule has 0 bridgehead atoms. The van der Waals surface area contributed by atoms with Crippen molar-refractivity contribution in [2.75, 3.05) is 5.73 Å². The minimum atomic E-state index is -0.438. The van der Waals surface area contributed by atoms with Crippen LogP contribution in [-0.4, -0.2) is 4.98 Å². The van der Waals surface area contributed by atoms with Gasteiger partial charge in [0.25, 0.3) is 0 Å². The molecular formula is C9H7N3O2. The van der Waals surface area contributed by atoms with Crippen molar-refractivity contribution < 1.29 is 0 Å². The minimum absolute atomic E-state index is 0.00343. The molecule has 0 aliphatic rings. The van der Waals surface area contributed by atoms with E-state index in [4.69, 9.17) is 5.73 Å². The van der Waals surface area contributed by atoms with E-state index in [0.717, 1.165) is 0 Å². The first kappa shape index (κ1) is 8.43. The number of benzene rings is 1. The smallest absolute Gasteiger partial charge is 0.220 e. The molecule has 0 fully saturated rings. The number of hydrogen-bond acceptors (Lipinski definition) is 4. The van der Waals surface area contributed by atoms with Gasteiger partial charge < -0.3 is 10.7 Å². The highest BCUT2D eigenvalue weighted by atomic mass is 16.3. The summed E-state index contributed by atoms with van der Waals surface area (Å²) in [6.45, 7) is 0. The van der Waals surface area contributed by atoms with E-state index in [9.17, 15) is 9.70 Å². The molecule has 14 heavy (non-hydrogen) atoms. The molecule has 1 heterocycles. The molecule has 0 aliphatic heterocycles. The number of nitrogens with two attached hydrogens (primary N) is 1. The summed E-state index contributed by atoms with van der Waals surface area (Å²) < 4.78 is 0. The zero-order chi connectivity index (χ0) is 10.1. The first-order valence-corrected chi connectivity index (χ1v) is 3.98. The molecule has 0 saturated carbocycles. The predicted octanol–water partition coefficient (Wildman–Crippen LogP) is 1.51. The van der Waals surface area contributed by atoms with Crippen LogP contribution in [-0.2, 0) is 0 Å². The quantitative estimate of drug-likeness (QED) is 0.666. The van der Waals surface area contributed by atoms with E-state index in [0.29, 0.717) is 10.9 Å². The Balaban J connectivity index is 3.00. The molecule has 0 unspecified atom stereocenters. The van der Waals surface area contributed by atoms with Crippen LogP contribution in [0.5, 0.6) is 0 Å². The Hall–Kier alpha value is -2.17. The van der Waals surface area contributed by atoms with Crippen LogP contribution >= 0.6 is 0 Å². The van der Waals surface area contributed by atoms with Crippen LogP contribution in [0.25, 0.3) is 10.9 Å². The number of fused-ring (bicyclic) bond motifs is 1. The van der Waals surface area contributed by atoms with E-state index in [-0.39, 0.29) is 11.5 Å². The van der Waals surface area contributed by atoms with E-state index in [1.165, 1.54) is 0 Å². The van der Waals surface area contributed by atoms with Gasteiger partial charge in [0, 0.05) is 5.39 Å². The predicted molar refractivity (Wildman–Crippen MR) is 54.4 cm³/mol. The SMILES string of the molecule is Nc1[nH]c2ccccc2c(=O)c1N=O. The number of nitrogen functional groups attached to an aromatic ring is 1. The van der Waals surface area contributed by atoms with Crippen molar-refractivity contribution in [1.82, 2.24) is 4.98 Å². The van der Waals surface area contributed by atoms with Crippen molar-refractivity contribution in [1.29, 1.82) is 0 Å². The van der Waals surface area contributed by atoms with Crippen molar-refractivity contribution in [3.8, 4) is 0 Å². The number of aromatic amines is 1. The zero-order valence-electron chi connectivity index (χ0n) is 7.15. The highest BCUT2D eigenvalue weighted by Crippen LogP contribution is 2.18. The second-order valence-corrected chi connectivity index (χ2v) is 2.85. The maximum Gasteiger partial charge on any atom is 0.220 e. The number of anilines is 1. The summed E-state index contributed by atoms with van der Waals surface area (Å²) in [5, 5.41) is 3.01. The fourth-order valence-corrected chi connectivity index (χ4v) is 1.33. The summed E-state index contributed by atoms with van der Waals surface area (Å²) >= 11 is 0. The van der Waals surface area contributed by atoms with Gasteiger partial charge in [-0.15, -0.1) is 4.91 Å². The molecule has 70 valence electrons. The lowest BCUT2D eigenvalue weighted by atomic mass is 10.2. The van der Waals surface area contributed by atoms with Gasteiger partial charge in [-0.05, 0) is 17.3 Å². The van der Waals surface area contributed by atoms with Crippen LogP contribution in [0, 0.1) is 4.91 Å². The fraction of sp³-hybridized carbons (Fsp3) is 0. The zero-order valence-corrected chi connectivity index (χ0v) is 7.15. The van der Waals surface area contributed by atoms with Gasteiger partial charge in [0.05, 0.1) is 5.52 Å². The van der Waals surface area contributed by atoms with Crippen molar-refractivity contribution in [2.45, 2.75) is 0 Å². The summed E-state index contributed by atoms with van der Waals surface area (Å²) in [4.78, 5) is 24.7. The molecule has 0 spiro atoms. The second kappa shape index (κ2) is 2.95. The Kier molecular flexibility index (Phi) is 1.78. The highest BCUT2D eigenvalue weighted by Gasteiger charge is 2.09. The Bertz CT molecular complexity index is 559. The van der Waals surface area contributed by atoms with Crippen LogP contribution in [0.4, 0.5) is 11.5 Å². The van der Waals surface area contributed by atoms with Crippen molar-refractivity contribution >= 4 is 22.4 Å². The largest absolute Gasteiger partial charge is 0.383 e. The third-order valence-corrected chi connectivity index (χ3v) is 2.00. The van der Waals surface area contributed by atoms with Crippen molar-refractivity contribution in [3.63, 3.8) is 0 Å². The lowest BCUT2D eigenvalue weighted by molar-refractivity contribution is 1.35. The van der Waals surface area contributed by atoms with Gasteiger partial charge in [0.2, 0.25) is 5.43 Å². The van der Waals surface area contributed by atoms with Crippen molar-refractivity contribution in [2.24, 2.45) is 5.18 Å². The summed E-state index contributed by atoms with van der Waals surface area (Å²) in [5.74, 6) is 0.00343. The molecule has 5 nitrogen and oxygen atoms in total. The number of H-pyrrole nitrogens is 1. The average Bonchev–Trinajstić information content (AvgIpc) is 2.18. The van der Waals surface area contributed by atoms with Gasteiger partial charge in [-0.3, -0.25) is 4.79 Å². The summed E-state index contributed by atoms with van der Waals surface area (Å²) in [5.41, 5.74) is 5.35. The number of hydrogen-bond donors (Lipinski definition) is 2. The standard InChI is InChI=1S/C9H7N3O2/c10-9-7(12-14)8(13)5-3-1-2-4-6(5)11-9/h1-4H,(H3,10,11,13). The molecule has 1 aromatic carbocycles. The minimum Gasteiger partial charge on any atom is -0.383 e. The molecule has 0 atom stereocenters. The molecule has 2 aromatic rings. The third-order valence-electron chi connectivity index (χ3n) is 2.00. The van der Waals surface area contributed by atoms with Crippen LogP contribution in [0.15, 0.2) is 34.2 Å². The normalized spacial score (nSPS) is 10.3. The highest BCUT2D eigenvalue weighted by molar-refractivity contribution is 5.84. The lowest BCUT2D eigenvalue weighted by Crippen LogP contribution is -2.06. The molecule has 0 amide bonds. The van der Waals surface area contributed by atoms with E-state index in [1.54, 1.807) is 24.3 Å². The average molecular weight is 189 g/mol. The Morgan fingerprint density at radius 2 is 2.00 bits per heavy atom. The molecule has 0 aliphatic carbocycles. The number of aromatic nitrogens is 1. The van der Waals surface area contributed by atoms with E-state index >= 15 is 0 Å². The van der Waals surface area contributed by atoms with Crippen molar-refractivity contribution in [3.05, 3.63) is 39.4 Å². The monoisotopic (exact) mass is 189 g/mol. The second-order valence-electron chi connectivity index (χ2n) is 2.85. The first-order chi connectivity index (χ1) is 6.74.